The van der Waals surface area contributed by atoms with Gasteiger partial charge in [0.05, 0.1) is 4.47 Å². The Bertz CT molecular complexity index is 624. The number of hydrogen-bond acceptors (Lipinski definition) is 2. The molecule has 0 aromatic heterocycles. The molecular formula is C15H14BrNO2. The molecule has 98 valence electrons. The van der Waals surface area contributed by atoms with E-state index in [0.29, 0.717) is 21.3 Å². The Labute approximate surface area is 120 Å². The van der Waals surface area contributed by atoms with Crippen LogP contribution in [-0.4, -0.2) is 11.0 Å². The molecule has 0 saturated heterocycles. The van der Waals surface area contributed by atoms with E-state index in [1.54, 1.807) is 25.1 Å². The van der Waals surface area contributed by atoms with E-state index in [2.05, 4.69) is 21.2 Å². The molecule has 2 rings (SSSR count). The zero-order valence-electron chi connectivity index (χ0n) is 10.7. The maximum Gasteiger partial charge on any atom is 0.255 e. The van der Waals surface area contributed by atoms with Crippen LogP contribution in [0.1, 0.15) is 21.5 Å². The molecule has 0 fully saturated rings. The third-order valence-electron chi connectivity index (χ3n) is 2.96. The number of benzene rings is 2. The van der Waals surface area contributed by atoms with Gasteiger partial charge in [-0.3, -0.25) is 4.79 Å². The fourth-order valence-electron chi connectivity index (χ4n) is 1.78. The second kappa shape index (κ2) is 5.45. The van der Waals surface area contributed by atoms with Crippen molar-refractivity contribution in [3.05, 3.63) is 57.6 Å². The van der Waals surface area contributed by atoms with Gasteiger partial charge in [0.1, 0.15) is 5.75 Å². The minimum Gasteiger partial charge on any atom is -0.506 e. The van der Waals surface area contributed by atoms with Crippen LogP contribution in [-0.2, 0) is 0 Å². The second-order valence-corrected chi connectivity index (χ2v) is 5.14. The van der Waals surface area contributed by atoms with Gasteiger partial charge in [0.25, 0.3) is 5.91 Å². The van der Waals surface area contributed by atoms with E-state index >= 15 is 0 Å². The zero-order chi connectivity index (χ0) is 14.0. The molecule has 0 bridgehead atoms. The van der Waals surface area contributed by atoms with Gasteiger partial charge in [-0.05, 0) is 59.1 Å². The summed E-state index contributed by atoms with van der Waals surface area (Å²) in [4.78, 5) is 12.1. The molecule has 0 radical (unpaired) electrons. The summed E-state index contributed by atoms with van der Waals surface area (Å²) in [7, 11) is 0. The predicted molar refractivity (Wildman–Crippen MR) is 79.7 cm³/mol. The van der Waals surface area contributed by atoms with Crippen molar-refractivity contribution in [3.8, 4) is 5.75 Å². The highest BCUT2D eigenvalue weighted by atomic mass is 79.9. The monoisotopic (exact) mass is 319 g/mol. The Hall–Kier alpha value is -1.81. The standard InChI is InChI=1S/C15H14BrNO2/c1-9-8-12(10(2)13(16)14(9)18)17-15(19)11-6-4-3-5-7-11/h3-8,18H,1-2H3,(H,17,19). The van der Waals surface area contributed by atoms with Gasteiger partial charge in [-0.25, -0.2) is 0 Å². The highest BCUT2D eigenvalue weighted by Crippen LogP contribution is 2.35. The maximum atomic E-state index is 12.1. The van der Waals surface area contributed by atoms with Crippen LogP contribution in [0.25, 0.3) is 0 Å². The number of rotatable bonds is 2. The van der Waals surface area contributed by atoms with Crippen LogP contribution in [0.4, 0.5) is 5.69 Å². The SMILES string of the molecule is Cc1cc(NC(=O)c2ccccc2)c(C)c(Br)c1O. The number of carbonyl (C=O) groups is 1. The van der Waals surface area contributed by atoms with E-state index in [0.717, 1.165) is 5.56 Å². The summed E-state index contributed by atoms with van der Waals surface area (Å²) in [6.07, 6.45) is 0. The fraction of sp³-hybridized carbons (Fsp3) is 0.133. The Morgan fingerprint density at radius 1 is 1.21 bits per heavy atom. The fourth-order valence-corrected chi connectivity index (χ4v) is 2.30. The first-order valence-corrected chi connectivity index (χ1v) is 6.65. The number of aryl methyl sites for hydroxylation is 1. The van der Waals surface area contributed by atoms with Crippen LogP contribution >= 0.6 is 15.9 Å². The van der Waals surface area contributed by atoms with Crippen molar-refractivity contribution in [2.75, 3.05) is 5.32 Å². The van der Waals surface area contributed by atoms with Gasteiger partial charge in [0.2, 0.25) is 0 Å². The van der Waals surface area contributed by atoms with Gasteiger partial charge < -0.3 is 10.4 Å². The molecule has 0 heterocycles. The van der Waals surface area contributed by atoms with Gasteiger partial charge in [0.15, 0.2) is 0 Å². The number of phenolic OH excluding ortho intramolecular Hbond substituents is 1. The third-order valence-corrected chi connectivity index (χ3v) is 3.93. The zero-order valence-corrected chi connectivity index (χ0v) is 12.3. The van der Waals surface area contributed by atoms with E-state index in [1.807, 2.05) is 25.1 Å². The van der Waals surface area contributed by atoms with Gasteiger partial charge in [-0.1, -0.05) is 18.2 Å². The average Bonchev–Trinajstić information content (AvgIpc) is 2.43. The highest BCUT2D eigenvalue weighted by Gasteiger charge is 2.13. The summed E-state index contributed by atoms with van der Waals surface area (Å²) >= 11 is 3.33. The summed E-state index contributed by atoms with van der Waals surface area (Å²) in [6.45, 7) is 3.63. The average molecular weight is 320 g/mol. The van der Waals surface area contributed by atoms with E-state index in [1.165, 1.54) is 0 Å². The second-order valence-electron chi connectivity index (χ2n) is 4.35. The van der Waals surface area contributed by atoms with Crippen molar-refractivity contribution < 1.29 is 9.90 Å². The minimum absolute atomic E-state index is 0.166. The lowest BCUT2D eigenvalue weighted by atomic mass is 10.1. The molecule has 0 aliphatic heterocycles. The van der Waals surface area contributed by atoms with Crippen LogP contribution in [0.15, 0.2) is 40.9 Å². The smallest absolute Gasteiger partial charge is 0.255 e. The molecule has 19 heavy (non-hydrogen) atoms. The Balaban J connectivity index is 2.32. The van der Waals surface area contributed by atoms with E-state index < -0.39 is 0 Å². The molecule has 1 amide bonds. The third kappa shape index (κ3) is 2.79. The number of carbonyl (C=O) groups excluding carboxylic acids is 1. The van der Waals surface area contributed by atoms with Crippen molar-refractivity contribution in [3.63, 3.8) is 0 Å². The summed E-state index contributed by atoms with van der Waals surface area (Å²) < 4.78 is 0.607. The first kappa shape index (κ1) is 13.6. The van der Waals surface area contributed by atoms with Gasteiger partial charge >= 0.3 is 0 Å². The number of phenols is 1. The molecule has 0 aliphatic carbocycles. The lowest BCUT2D eigenvalue weighted by Crippen LogP contribution is -2.13. The number of anilines is 1. The first-order chi connectivity index (χ1) is 9.00. The lowest BCUT2D eigenvalue weighted by molar-refractivity contribution is 0.102. The van der Waals surface area contributed by atoms with Crippen LogP contribution in [0, 0.1) is 13.8 Å². The molecule has 0 atom stereocenters. The molecule has 0 aliphatic rings. The molecular weight excluding hydrogens is 306 g/mol. The predicted octanol–water partition coefficient (Wildman–Crippen LogP) is 4.02. The van der Waals surface area contributed by atoms with Crippen molar-refractivity contribution in [2.24, 2.45) is 0 Å². The number of aromatic hydroxyl groups is 1. The topological polar surface area (TPSA) is 49.3 Å². The Morgan fingerprint density at radius 2 is 1.84 bits per heavy atom. The van der Waals surface area contributed by atoms with Crippen molar-refractivity contribution in [1.29, 1.82) is 0 Å². The van der Waals surface area contributed by atoms with Gasteiger partial charge in [-0.2, -0.15) is 0 Å². The highest BCUT2D eigenvalue weighted by molar-refractivity contribution is 9.10. The largest absolute Gasteiger partial charge is 0.506 e. The van der Waals surface area contributed by atoms with Crippen LogP contribution in [0.5, 0.6) is 5.75 Å². The molecule has 0 saturated carbocycles. The minimum atomic E-state index is -0.166. The van der Waals surface area contributed by atoms with E-state index in [9.17, 15) is 9.90 Å². The quantitative estimate of drug-likeness (QED) is 0.821. The summed E-state index contributed by atoms with van der Waals surface area (Å²) in [5.74, 6) is 0.0379. The lowest BCUT2D eigenvalue weighted by Gasteiger charge is -2.13. The van der Waals surface area contributed by atoms with E-state index in [4.69, 9.17) is 0 Å². The van der Waals surface area contributed by atoms with Crippen molar-refractivity contribution >= 4 is 27.5 Å². The number of nitrogens with one attached hydrogen (secondary N) is 1. The molecule has 2 aromatic rings. The molecule has 3 nitrogen and oxygen atoms in total. The van der Waals surface area contributed by atoms with Gasteiger partial charge in [-0.15, -0.1) is 0 Å². The molecule has 4 heteroatoms. The summed E-state index contributed by atoms with van der Waals surface area (Å²) in [5.41, 5.74) is 2.80. The van der Waals surface area contributed by atoms with Crippen molar-refractivity contribution in [2.45, 2.75) is 13.8 Å². The van der Waals surface area contributed by atoms with Crippen LogP contribution < -0.4 is 5.32 Å². The number of hydrogen-bond donors (Lipinski definition) is 2. The Morgan fingerprint density at radius 3 is 2.47 bits per heavy atom. The van der Waals surface area contributed by atoms with Crippen LogP contribution in [0.2, 0.25) is 0 Å². The first-order valence-electron chi connectivity index (χ1n) is 5.85. The molecule has 2 N–H and O–H groups in total. The normalized spacial score (nSPS) is 10.3. The van der Waals surface area contributed by atoms with Crippen molar-refractivity contribution in [1.82, 2.24) is 0 Å². The maximum absolute atomic E-state index is 12.1. The summed E-state index contributed by atoms with van der Waals surface area (Å²) in [6, 6.07) is 10.8. The number of amides is 1. The molecule has 0 unspecified atom stereocenters. The molecule has 0 spiro atoms. The van der Waals surface area contributed by atoms with Crippen LogP contribution in [0.3, 0.4) is 0 Å². The Kier molecular flexibility index (Phi) is 3.90. The van der Waals surface area contributed by atoms with E-state index in [-0.39, 0.29) is 11.7 Å². The summed E-state index contributed by atoms with van der Waals surface area (Å²) in [5, 5.41) is 12.7. The number of halogens is 1. The molecule has 2 aromatic carbocycles. The van der Waals surface area contributed by atoms with Gasteiger partial charge in [0, 0.05) is 11.3 Å².